The molecular formula is C12H27NO. The lowest BCUT2D eigenvalue weighted by atomic mass is 10.1. The van der Waals surface area contributed by atoms with Gasteiger partial charge >= 0.3 is 0 Å². The van der Waals surface area contributed by atoms with Crippen LogP contribution in [0.25, 0.3) is 0 Å². The SMILES string of the molecule is CCCCCCCCOCCCCN. The van der Waals surface area contributed by atoms with Gasteiger partial charge < -0.3 is 10.5 Å². The van der Waals surface area contributed by atoms with Gasteiger partial charge in [-0.1, -0.05) is 39.0 Å². The summed E-state index contributed by atoms with van der Waals surface area (Å²) in [6, 6.07) is 0. The summed E-state index contributed by atoms with van der Waals surface area (Å²) in [7, 11) is 0. The van der Waals surface area contributed by atoms with Gasteiger partial charge in [-0.25, -0.2) is 0 Å². The predicted octanol–water partition coefficient (Wildman–Crippen LogP) is 3.10. The Bertz CT molecular complexity index is 84.3. The third-order valence-electron chi connectivity index (χ3n) is 2.39. The van der Waals surface area contributed by atoms with E-state index in [1.54, 1.807) is 0 Å². The van der Waals surface area contributed by atoms with Gasteiger partial charge in [0.2, 0.25) is 0 Å². The van der Waals surface area contributed by atoms with E-state index in [-0.39, 0.29) is 0 Å². The number of rotatable bonds is 11. The molecule has 0 bridgehead atoms. The molecule has 86 valence electrons. The summed E-state index contributed by atoms with van der Waals surface area (Å²) in [5, 5.41) is 0. The van der Waals surface area contributed by atoms with Crippen LogP contribution in [0, 0.1) is 0 Å². The Morgan fingerprint density at radius 2 is 1.36 bits per heavy atom. The lowest BCUT2D eigenvalue weighted by molar-refractivity contribution is 0.126. The Balaban J connectivity index is 2.78. The average Bonchev–Trinajstić information content (AvgIpc) is 2.21. The number of hydrogen-bond donors (Lipinski definition) is 1. The minimum Gasteiger partial charge on any atom is -0.381 e. The Morgan fingerprint density at radius 1 is 0.786 bits per heavy atom. The number of hydrogen-bond acceptors (Lipinski definition) is 2. The van der Waals surface area contributed by atoms with Crippen LogP contribution in [0.1, 0.15) is 58.3 Å². The first-order valence-electron chi connectivity index (χ1n) is 6.19. The van der Waals surface area contributed by atoms with Crippen molar-refractivity contribution in [1.82, 2.24) is 0 Å². The van der Waals surface area contributed by atoms with Gasteiger partial charge in [-0.15, -0.1) is 0 Å². The highest BCUT2D eigenvalue weighted by atomic mass is 16.5. The first-order valence-corrected chi connectivity index (χ1v) is 6.19. The molecule has 0 fully saturated rings. The van der Waals surface area contributed by atoms with E-state index in [9.17, 15) is 0 Å². The second-order valence-electron chi connectivity index (χ2n) is 3.88. The Kier molecular flexibility index (Phi) is 12.8. The molecule has 0 amide bonds. The first-order chi connectivity index (χ1) is 6.91. The summed E-state index contributed by atoms with van der Waals surface area (Å²) >= 11 is 0. The van der Waals surface area contributed by atoms with Gasteiger partial charge in [0, 0.05) is 13.2 Å². The molecule has 0 aliphatic heterocycles. The molecular weight excluding hydrogens is 174 g/mol. The smallest absolute Gasteiger partial charge is 0.0466 e. The van der Waals surface area contributed by atoms with Crippen molar-refractivity contribution < 1.29 is 4.74 Å². The van der Waals surface area contributed by atoms with Crippen LogP contribution in [-0.4, -0.2) is 19.8 Å². The van der Waals surface area contributed by atoms with E-state index in [1.807, 2.05) is 0 Å². The molecule has 0 saturated heterocycles. The molecule has 0 aromatic carbocycles. The van der Waals surface area contributed by atoms with E-state index in [4.69, 9.17) is 10.5 Å². The van der Waals surface area contributed by atoms with E-state index in [2.05, 4.69) is 6.92 Å². The molecule has 0 aromatic rings. The molecule has 2 nitrogen and oxygen atoms in total. The van der Waals surface area contributed by atoms with Crippen LogP contribution in [0.15, 0.2) is 0 Å². The maximum Gasteiger partial charge on any atom is 0.0466 e. The van der Waals surface area contributed by atoms with Crippen LogP contribution in [-0.2, 0) is 4.74 Å². The molecule has 0 spiro atoms. The summed E-state index contributed by atoms with van der Waals surface area (Å²) in [4.78, 5) is 0. The van der Waals surface area contributed by atoms with Crippen LogP contribution < -0.4 is 5.73 Å². The molecule has 0 rings (SSSR count). The van der Waals surface area contributed by atoms with Gasteiger partial charge in [0.15, 0.2) is 0 Å². The predicted molar refractivity (Wildman–Crippen MR) is 62.5 cm³/mol. The molecule has 0 aliphatic rings. The van der Waals surface area contributed by atoms with Gasteiger partial charge in [-0.05, 0) is 25.8 Å². The topological polar surface area (TPSA) is 35.2 Å². The van der Waals surface area contributed by atoms with Crippen molar-refractivity contribution in [3.8, 4) is 0 Å². The summed E-state index contributed by atoms with van der Waals surface area (Å²) in [6.07, 6.45) is 10.3. The number of nitrogens with two attached hydrogens (primary N) is 1. The second-order valence-corrected chi connectivity index (χ2v) is 3.88. The summed E-state index contributed by atoms with van der Waals surface area (Å²) in [5.74, 6) is 0. The molecule has 0 aromatic heterocycles. The highest BCUT2D eigenvalue weighted by molar-refractivity contribution is 4.44. The largest absolute Gasteiger partial charge is 0.381 e. The van der Waals surface area contributed by atoms with Crippen molar-refractivity contribution in [3.63, 3.8) is 0 Å². The number of unbranched alkanes of at least 4 members (excludes halogenated alkanes) is 6. The van der Waals surface area contributed by atoms with Crippen LogP contribution in [0.2, 0.25) is 0 Å². The van der Waals surface area contributed by atoms with Crippen molar-refractivity contribution in [2.24, 2.45) is 5.73 Å². The lowest BCUT2D eigenvalue weighted by Gasteiger charge is -2.03. The van der Waals surface area contributed by atoms with Crippen LogP contribution in [0.4, 0.5) is 0 Å². The molecule has 0 atom stereocenters. The molecule has 0 saturated carbocycles. The molecule has 14 heavy (non-hydrogen) atoms. The molecule has 2 heteroatoms. The first kappa shape index (κ1) is 13.9. The molecule has 0 unspecified atom stereocenters. The normalized spacial score (nSPS) is 10.7. The van der Waals surface area contributed by atoms with Gasteiger partial charge in [0.1, 0.15) is 0 Å². The average molecular weight is 201 g/mol. The molecule has 0 aliphatic carbocycles. The van der Waals surface area contributed by atoms with E-state index in [0.717, 1.165) is 32.6 Å². The van der Waals surface area contributed by atoms with Crippen LogP contribution in [0.5, 0.6) is 0 Å². The summed E-state index contributed by atoms with van der Waals surface area (Å²) in [5.41, 5.74) is 5.38. The van der Waals surface area contributed by atoms with Crippen LogP contribution >= 0.6 is 0 Å². The zero-order valence-corrected chi connectivity index (χ0v) is 9.76. The maximum absolute atomic E-state index is 5.49. The van der Waals surface area contributed by atoms with Crippen molar-refractivity contribution >= 4 is 0 Å². The zero-order valence-electron chi connectivity index (χ0n) is 9.76. The standard InChI is InChI=1S/C12H27NO/c1-2-3-4-5-6-8-11-14-12-9-7-10-13/h2-13H2,1H3. The van der Waals surface area contributed by atoms with Crippen molar-refractivity contribution in [3.05, 3.63) is 0 Å². The van der Waals surface area contributed by atoms with Gasteiger partial charge in [0.25, 0.3) is 0 Å². The van der Waals surface area contributed by atoms with E-state index >= 15 is 0 Å². The van der Waals surface area contributed by atoms with Gasteiger partial charge in [-0.3, -0.25) is 0 Å². The van der Waals surface area contributed by atoms with Gasteiger partial charge in [-0.2, -0.15) is 0 Å². The van der Waals surface area contributed by atoms with Crippen molar-refractivity contribution in [2.75, 3.05) is 19.8 Å². The Labute approximate surface area is 89.2 Å². The lowest BCUT2D eigenvalue weighted by Crippen LogP contribution is -2.02. The second kappa shape index (κ2) is 12.9. The van der Waals surface area contributed by atoms with Crippen molar-refractivity contribution in [1.29, 1.82) is 0 Å². The van der Waals surface area contributed by atoms with E-state index in [1.165, 1.54) is 38.5 Å². The molecule has 0 heterocycles. The quantitative estimate of drug-likeness (QED) is 0.521. The summed E-state index contributed by atoms with van der Waals surface area (Å²) in [6.45, 7) is 4.88. The fourth-order valence-electron chi connectivity index (χ4n) is 1.43. The fraction of sp³-hybridized carbons (Fsp3) is 1.00. The minimum absolute atomic E-state index is 0.792. The summed E-state index contributed by atoms with van der Waals surface area (Å²) < 4.78 is 5.49. The van der Waals surface area contributed by atoms with E-state index in [0.29, 0.717) is 0 Å². The monoisotopic (exact) mass is 201 g/mol. The third-order valence-corrected chi connectivity index (χ3v) is 2.39. The molecule has 0 radical (unpaired) electrons. The van der Waals surface area contributed by atoms with Crippen molar-refractivity contribution in [2.45, 2.75) is 58.3 Å². The Morgan fingerprint density at radius 3 is 2.00 bits per heavy atom. The fourth-order valence-corrected chi connectivity index (χ4v) is 1.43. The minimum atomic E-state index is 0.792. The highest BCUT2D eigenvalue weighted by Crippen LogP contribution is 2.04. The maximum atomic E-state index is 5.49. The Hall–Kier alpha value is -0.0800. The third kappa shape index (κ3) is 11.9. The highest BCUT2D eigenvalue weighted by Gasteiger charge is 1.91. The van der Waals surface area contributed by atoms with Crippen LogP contribution in [0.3, 0.4) is 0 Å². The molecule has 2 N–H and O–H groups in total. The number of ether oxygens (including phenoxy) is 1. The zero-order chi connectivity index (χ0) is 10.5. The van der Waals surface area contributed by atoms with E-state index < -0.39 is 0 Å². The van der Waals surface area contributed by atoms with Gasteiger partial charge in [0.05, 0.1) is 0 Å².